The van der Waals surface area contributed by atoms with Gasteiger partial charge in [-0.05, 0) is 61.9 Å². The minimum absolute atomic E-state index is 0.156. The molecule has 0 atom stereocenters. The summed E-state index contributed by atoms with van der Waals surface area (Å²) in [5, 5.41) is 12.3. The Balaban J connectivity index is 1.50. The van der Waals surface area contributed by atoms with Gasteiger partial charge in [0.2, 0.25) is 5.91 Å². The number of carbonyl (C=O) groups excluding carboxylic acids is 2. The molecule has 0 aliphatic heterocycles. The summed E-state index contributed by atoms with van der Waals surface area (Å²) in [5.41, 5.74) is 1.95. The molecule has 3 rings (SSSR count). The van der Waals surface area contributed by atoms with Crippen LogP contribution in [0, 0.1) is 6.92 Å². The number of aromatic nitrogens is 3. The number of anilines is 1. The van der Waals surface area contributed by atoms with E-state index >= 15 is 0 Å². The minimum atomic E-state index is -0.394. The summed E-state index contributed by atoms with van der Waals surface area (Å²) in [4.78, 5) is 24.0. The van der Waals surface area contributed by atoms with Crippen molar-refractivity contribution in [1.82, 2.24) is 14.8 Å². The Morgan fingerprint density at radius 3 is 2.59 bits per heavy atom. The standard InChI is InChI=1S/C22H23ClN4O4S/c1-4-30-21(29)15-5-7-16(8-6-15)24-20(28)13-32-22-26-25-19(27(22)3)12-31-17-9-10-18(23)14(2)11-17/h5-11H,4,12-13H2,1-3H3,(H,24,28). The lowest BCUT2D eigenvalue weighted by molar-refractivity contribution is -0.113. The molecule has 0 aliphatic rings. The number of nitrogens with zero attached hydrogens (tertiary/aromatic N) is 3. The summed E-state index contributed by atoms with van der Waals surface area (Å²) in [6.07, 6.45) is 0. The van der Waals surface area contributed by atoms with Gasteiger partial charge in [0.1, 0.15) is 12.4 Å². The lowest BCUT2D eigenvalue weighted by Gasteiger charge is -2.08. The van der Waals surface area contributed by atoms with Crippen LogP contribution in [-0.4, -0.2) is 39.0 Å². The summed E-state index contributed by atoms with van der Waals surface area (Å²) in [6.45, 7) is 4.21. The van der Waals surface area contributed by atoms with Gasteiger partial charge in [-0.1, -0.05) is 23.4 Å². The van der Waals surface area contributed by atoms with Crippen molar-refractivity contribution in [2.24, 2.45) is 7.05 Å². The maximum absolute atomic E-state index is 12.3. The van der Waals surface area contributed by atoms with Crippen molar-refractivity contribution in [3.8, 4) is 5.75 Å². The first-order valence-corrected chi connectivity index (χ1v) is 11.2. The molecule has 0 aliphatic carbocycles. The van der Waals surface area contributed by atoms with Crippen molar-refractivity contribution in [3.05, 3.63) is 64.4 Å². The first-order valence-electron chi connectivity index (χ1n) is 9.84. The summed E-state index contributed by atoms with van der Waals surface area (Å²) in [6, 6.07) is 12.0. The smallest absolute Gasteiger partial charge is 0.338 e. The molecule has 0 saturated heterocycles. The van der Waals surface area contributed by atoms with Gasteiger partial charge in [-0.3, -0.25) is 4.79 Å². The third-order valence-corrected chi connectivity index (χ3v) is 5.88. The summed E-state index contributed by atoms with van der Waals surface area (Å²) < 4.78 is 12.5. The number of thioether (sulfide) groups is 1. The lowest BCUT2D eigenvalue weighted by Crippen LogP contribution is -2.15. The maximum atomic E-state index is 12.3. The number of aryl methyl sites for hydroxylation is 1. The van der Waals surface area contributed by atoms with Crippen LogP contribution in [0.4, 0.5) is 5.69 Å². The second-order valence-corrected chi connectivity index (χ2v) is 8.14. The minimum Gasteiger partial charge on any atom is -0.486 e. The van der Waals surface area contributed by atoms with E-state index in [1.165, 1.54) is 11.8 Å². The molecule has 32 heavy (non-hydrogen) atoms. The Bertz CT molecular complexity index is 1100. The van der Waals surface area contributed by atoms with Gasteiger partial charge in [0.05, 0.1) is 17.9 Å². The van der Waals surface area contributed by atoms with Crippen molar-refractivity contribution in [2.45, 2.75) is 25.6 Å². The van der Waals surface area contributed by atoms with Crippen LogP contribution >= 0.6 is 23.4 Å². The van der Waals surface area contributed by atoms with Gasteiger partial charge in [-0.25, -0.2) is 4.79 Å². The third-order valence-electron chi connectivity index (χ3n) is 4.43. The second kappa shape index (κ2) is 11.0. The van der Waals surface area contributed by atoms with E-state index in [4.69, 9.17) is 21.1 Å². The van der Waals surface area contributed by atoms with E-state index in [9.17, 15) is 9.59 Å². The van der Waals surface area contributed by atoms with Crippen LogP contribution < -0.4 is 10.1 Å². The third kappa shape index (κ3) is 6.24. The van der Waals surface area contributed by atoms with Crippen LogP contribution in [0.2, 0.25) is 5.02 Å². The average Bonchev–Trinajstić information content (AvgIpc) is 3.13. The number of benzene rings is 2. The Morgan fingerprint density at radius 2 is 1.91 bits per heavy atom. The molecule has 2 aromatic carbocycles. The fourth-order valence-electron chi connectivity index (χ4n) is 2.68. The van der Waals surface area contributed by atoms with E-state index < -0.39 is 5.97 Å². The highest BCUT2D eigenvalue weighted by Gasteiger charge is 2.13. The first-order chi connectivity index (χ1) is 15.4. The molecule has 1 aromatic heterocycles. The fraction of sp³-hybridized carbons (Fsp3) is 0.273. The number of hydrogen-bond donors (Lipinski definition) is 1. The number of ether oxygens (including phenoxy) is 2. The molecule has 1 amide bonds. The molecule has 3 aromatic rings. The summed E-state index contributed by atoms with van der Waals surface area (Å²) in [5.74, 6) is 0.890. The number of esters is 1. The Hall–Kier alpha value is -3.04. The number of hydrogen-bond acceptors (Lipinski definition) is 7. The van der Waals surface area contributed by atoms with Gasteiger partial charge >= 0.3 is 5.97 Å². The molecule has 0 bridgehead atoms. The fourth-order valence-corrected chi connectivity index (χ4v) is 3.53. The number of carbonyl (C=O) groups is 2. The second-order valence-electron chi connectivity index (χ2n) is 6.79. The van der Waals surface area contributed by atoms with Crippen molar-refractivity contribution < 1.29 is 19.1 Å². The topological polar surface area (TPSA) is 95.3 Å². The Labute approximate surface area is 195 Å². The zero-order valence-electron chi connectivity index (χ0n) is 17.9. The van der Waals surface area contributed by atoms with Crippen LogP contribution in [0.15, 0.2) is 47.6 Å². The highest BCUT2D eigenvalue weighted by atomic mass is 35.5. The monoisotopic (exact) mass is 474 g/mol. The van der Waals surface area contributed by atoms with Gasteiger partial charge in [0.15, 0.2) is 11.0 Å². The SMILES string of the molecule is CCOC(=O)c1ccc(NC(=O)CSc2nnc(COc3ccc(Cl)c(C)c3)n2C)cc1. The average molecular weight is 475 g/mol. The predicted molar refractivity (Wildman–Crippen MR) is 123 cm³/mol. The van der Waals surface area contributed by atoms with Crippen LogP contribution in [0.25, 0.3) is 0 Å². The highest BCUT2D eigenvalue weighted by molar-refractivity contribution is 7.99. The maximum Gasteiger partial charge on any atom is 0.338 e. The number of rotatable bonds is 9. The van der Waals surface area contributed by atoms with Crippen LogP contribution in [0.5, 0.6) is 5.75 Å². The van der Waals surface area contributed by atoms with Crippen molar-refractivity contribution in [2.75, 3.05) is 17.7 Å². The van der Waals surface area contributed by atoms with Crippen LogP contribution in [0.1, 0.15) is 28.7 Å². The molecular formula is C22H23ClN4O4S. The van der Waals surface area contributed by atoms with Crippen molar-refractivity contribution >= 4 is 40.9 Å². The van der Waals surface area contributed by atoms with Gasteiger partial charge in [0.25, 0.3) is 0 Å². The molecule has 0 spiro atoms. The molecule has 0 radical (unpaired) electrons. The van der Waals surface area contributed by atoms with Gasteiger partial charge in [0, 0.05) is 17.8 Å². The zero-order chi connectivity index (χ0) is 23.1. The molecule has 0 saturated carbocycles. The molecule has 8 nitrogen and oxygen atoms in total. The largest absolute Gasteiger partial charge is 0.486 e. The van der Waals surface area contributed by atoms with Crippen LogP contribution in [-0.2, 0) is 23.2 Å². The van der Waals surface area contributed by atoms with E-state index in [2.05, 4.69) is 15.5 Å². The van der Waals surface area contributed by atoms with E-state index in [1.54, 1.807) is 47.9 Å². The normalized spacial score (nSPS) is 10.6. The molecule has 10 heteroatoms. The number of nitrogens with one attached hydrogen (secondary N) is 1. The molecule has 0 unspecified atom stereocenters. The van der Waals surface area contributed by atoms with E-state index in [-0.39, 0.29) is 18.3 Å². The van der Waals surface area contributed by atoms with E-state index in [1.807, 2.05) is 20.0 Å². The van der Waals surface area contributed by atoms with Crippen molar-refractivity contribution in [3.63, 3.8) is 0 Å². The molecule has 168 valence electrons. The van der Waals surface area contributed by atoms with E-state index in [0.29, 0.717) is 39.6 Å². The number of halogens is 1. The number of amides is 1. The van der Waals surface area contributed by atoms with E-state index in [0.717, 1.165) is 5.56 Å². The first kappa shape index (κ1) is 23.6. The molecule has 1 heterocycles. The van der Waals surface area contributed by atoms with Gasteiger partial charge in [-0.2, -0.15) is 0 Å². The lowest BCUT2D eigenvalue weighted by atomic mass is 10.2. The Kier molecular flexibility index (Phi) is 8.13. The highest BCUT2D eigenvalue weighted by Crippen LogP contribution is 2.22. The van der Waals surface area contributed by atoms with Crippen LogP contribution in [0.3, 0.4) is 0 Å². The van der Waals surface area contributed by atoms with Gasteiger partial charge in [-0.15, -0.1) is 10.2 Å². The van der Waals surface area contributed by atoms with Gasteiger partial charge < -0.3 is 19.4 Å². The zero-order valence-corrected chi connectivity index (χ0v) is 19.5. The predicted octanol–water partition coefficient (Wildman–Crippen LogP) is 4.26. The molecule has 0 fully saturated rings. The summed E-state index contributed by atoms with van der Waals surface area (Å²) in [7, 11) is 1.82. The quantitative estimate of drug-likeness (QED) is 0.365. The molecule has 1 N–H and O–H groups in total. The summed E-state index contributed by atoms with van der Waals surface area (Å²) >= 11 is 7.30. The molecular weight excluding hydrogens is 452 g/mol. The Morgan fingerprint density at radius 1 is 1.16 bits per heavy atom. The van der Waals surface area contributed by atoms with Crippen molar-refractivity contribution in [1.29, 1.82) is 0 Å².